The number of carbonyl (C=O) groups excluding carboxylic acids is 2. The van der Waals surface area contributed by atoms with Gasteiger partial charge in [0.1, 0.15) is 5.75 Å². The molecule has 0 spiro atoms. The molecule has 1 N–H and O–H groups in total. The molecule has 1 aromatic carbocycles. The Morgan fingerprint density at radius 1 is 1.08 bits per heavy atom. The minimum atomic E-state index is -0.178. The van der Waals surface area contributed by atoms with Crippen LogP contribution in [0, 0.1) is 5.92 Å². The summed E-state index contributed by atoms with van der Waals surface area (Å²) < 4.78 is 0.735. The van der Waals surface area contributed by atoms with Crippen LogP contribution in [0.4, 0.5) is 0 Å². The van der Waals surface area contributed by atoms with Crippen molar-refractivity contribution >= 4 is 27.7 Å². The van der Waals surface area contributed by atoms with E-state index in [1.807, 2.05) is 4.90 Å². The Labute approximate surface area is 157 Å². The molecule has 0 atom stereocenters. The summed E-state index contributed by atoms with van der Waals surface area (Å²) in [5.74, 6) is 0.746. The van der Waals surface area contributed by atoms with E-state index in [-0.39, 0.29) is 17.6 Å². The van der Waals surface area contributed by atoms with Gasteiger partial charge in [-0.15, -0.1) is 0 Å². The molecule has 0 aromatic heterocycles. The summed E-state index contributed by atoms with van der Waals surface area (Å²) in [5.41, 5.74) is 0.309. The smallest absolute Gasteiger partial charge is 0.257 e. The number of amides is 2. The van der Waals surface area contributed by atoms with Crippen molar-refractivity contribution in [1.29, 1.82) is 0 Å². The Balaban J connectivity index is 1.49. The maximum Gasteiger partial charge on any atom is 0.257 e. The summed E-state index contributed by atoms with van der Waals surface area (Å²) in [5, 5.41) is 9.96. The molecule has 1 saturated carbocycles. The van der Waals surface area contributed by atoms with E-state index in [0.29, 0.717) is 38.2 Å². The van der Waals surface area contributed by atoms with Crippen LogP contribution in [0.1, 0.15) is 48.9 Å². The molecule has 25 heavy (non-hydrogen) atoms. The average molecular weight is 409 g/mol. The van der Waals surface area contributed by atoms with Crippen molar-refractivity contribution in [3.8, 4) is 5.75 Å². The van der Waals surface area contributed by atoms with Crippen molar-refractivity contribution in [3.05, 3.63) is 28.2 Å². The molecule has 1 saturated heterocycles. The van der Waals surface area contributed by atoms with Crippen LogP contribution >= 0.6 is 15.9 Å². The maximum absolute atomic E-state index is 12.6. The van der Waals surface area contributed by atoms with Crippen molar-refractivity contribution in [3.63, 3.8) is 0 Å². The van der Waals surface area contributed by atoms with Crippen LogP contribution in [0.25, 0.3) is 0 Å². The van der Waals surface area contributed by atoms with Gasteiger partial charge in [-0.05, 0) is 30.5 Å². The van der Waals surface area contributed by atoms with Crippen LogP contribution in [0.5, 0.6) is 5.75 Å². The van der Waals surface area contributed by atoms with Crippen LogP contribution in [0.15, 0.2) is 22.7 Å². The van der Waals surface area contributed by atoms with E-state index in [2.05, 4.69) is 15.9 Å². The lowest BCUT2D eigenvalue weighted by Gasteiger charge is -2.35. The molecule has 0 bridgehead atoms. The van der Waals surface area contributed by atoms with E-state index in [1.165, 1.54) is 31.7 Å². The highest BCUT2D eigenvalue weighted by atomic mass is 79.9. The van der Waals surface area contributed by atoms with Crippen molar-refractivity contribution < 1.29 is 14.7 Å². The first-order valence-electron chi connectivity index (χ1n) is 9.10. The minimum absolute atomic E-state index is 0.0190. The number of benzene rings is 1. The topological polar surface area (TPSA) is 60.9 Å². The minimum Gasteiger partial charge on any atom is -0.507 e. The number of phenolic OH excluding ortho intramolecular Hbond substituents is 1. The summed E-state index contributed by atoms with van der Waals surface area (Å²) in [4.78, 5) is 28.5. The first-order chi connectivity index (χ1) is 12.0. The van der Waals surface area contributed by atoms with E-state index in [0.717, 1.165) is 16.8 Å². The van der Waals surface area contributed by atoms with Crippen molar-refractivity contribution in [1.82, 2.24) is 9.80 Å². The number of piperazine rings is 1. The zero-order valence-electron chi connectivity index (χ0n) is 14.4. The molecule has 6 heteroatoms. The maximum atomic E-state index is 12.6. The normalized spacial score (nSPS) is 18.6. The Hall–Kier alpha value is -1.56. The van der Waals surface area contributed by atoms with Gasteiger partial charge < -0.3 is 14.9 Å². The van der Waals surface area contributed by atoms with Gasteiger partial charge in [-0.25, -0.2) is 0 Å². The van der Waals surface area contributed by atoms with E-state index in [4.69, 9.17) is 0 Å². The zero-order chi connectivity index (χ0) is 17.8. The van der Waals surface area contributed by atoms with Gasteiger partial charge in [0.15, 0.2) is 0 Å². The zero-order valence-corrected chi connectivity index (χ0v) is 16.0. The fourth-order valence-corrected chi connectivity index (χ4v) is 4.15. The van der Waals surface area contributed by atoms with E-state index < -0.39 is 0 Å². The molecule has 136 valence electrons. The summed E-state index contributed by atoms with van der Waals surface area (Å²) >= 11 is 3.28. The third-order valence-electron chi connectivity index (χ3n) is 5.35. The van der Waals surface area contributed by atoms with E-state index in [1.54, 1.807) is 17.0 Å². The lowest BCUT2D eigenvalue weighted by atomic mass is 10.0. The number of phenols is 1. The molecule has 1 aliphatic carbocycles. The predicted octanol–water partition coefficient (Wildman–Crippen LogP) is 3.41. The molecule has 0 unspecified atom stereocenters. The molecule has 1 aromatic rings. The van der Waals surface area contributed by atoms with Gasteiger partial charge in [0.05, 0.1) is 5.56 Å². The fourth-order valence-electron chi connectivity index (χ4n) is 3.80. The van der Waals surface area contributed by atoms with Crippen LogP contribution in [0.2, 0.25) is 0 Å². The van der Waals surface area contributed by atoms with E-state index >= 15 is 0 Å². The van der Waals surface area contributed by atoms with Crippen LogP contribution in [0.3, 0.4) is 0 Å². The third-order valence-corrected chi connectivity index (χ3v) is 5.84. The highest BCUT2D eigenvalue weighted by Gasteiger charge is 2.26. The quantitative estimate of drug-likeness (QED) is 0.829. The molecule has 1 heterocycles. The summed E-state index contributed by atoms with van der Waals surface area (Å²) in [6, 6.07) is 4.90. The number of nitrogens with zero attached hydrogens (tertiary/aromatic N) is 2. The number of aromatic hydroxyl groups is 1. The fraction of sp³-hybridized carbons (Fsp3) is 0.579. The SMILES string of the molecule is O=C(CCC1CCCC1)N1CCN(C(=O)c2ccc(Br)cc2O)CC1. The average Bonchev–Trinajstić information content (AvgIpc) is 3.13. The van der Waals surface area contributed by atoms with Gasteiger partial charge in [0, 0.05) is 37.1 Å². The second-order valence-electron chi connectivity index (χ2n) is 7.02. The van der Waals surface area contributed by atoms with Crippen LogP contribution < -0.4 is 0 Å². The molecular weight excluding hydrogens is 384 g/mol. The molecule has 2 fully saturated rings. The Morgan fingerprint density at radius 3 is 2.36 bits per heavy atom. The van der Waals surface area contributed by atoms with Crippen molar-refractivity contribution in [2.45, 2.75) is 38.5 Å². The molecule has 5 nitrogen and oxygen atoms in total. The highest BCUT2D eigenvalue weighted by molar-refractivity contribution is 9.10. The van der Waals surface area contributed by atoms with E-state index in [9.17, 15) is 14.7 Å². The first-order valence-corrected chi connectivity index (χ1v) is 9.89. The van der Waals surface area contributed by atoms with Crippen molar-refractivity contribution in [2.75, 3.05) is 26.2 Å². The van der Waals surface area contributed by atoms with Crippen molar-refractivity contribution in [2.24, 2.45) is 5.92 Å². The number of hydrogen-bond donors (Lipinski definition) is 1. The summed E-state index contributed by atoms with van der Waals surface area (Å²) in [6.07, 6.45) is 6.79. The lowest BCUT2D eigenvalue weighted by molar-refractivity contribution is -0.133. The molecule has 2 aliphatic rings. The molecule has 2 amide bonds. The number of carbonyl (C=O) groups is 2. The van der Waals surface area contributed by atoms with Crippen LogP contribution in [-0.4, -0.2) is 52.9 Å². The Bertz CT molecular complexity index is 636. The van der Waals surface area contributed by atoms with Gasteiger partial charge in [0.25, 0.3) is 5.91 Å². The molecule has 3 rings (SSSR count). The monoisotopic (exact) mass is 408 g/mol. The number of hydrogen-bond acceptors (Lipinski definition) is 3. The predicted molar refractivity (Wildman–Crippen MR) is 99.5 cm³/mol. The van der Waals surface area contributed by atoms with Gasteiger partial charge in [-0.1, -0.05) is 41.6 Å². The molecule has 0 radical (unpaired) electrons. The van der Waals surface area contributed by atoms with Crippen LogP contribution in [-0.2, 0) is 4.79 Å². The summed E-state index contributed by atoms with van der Waals surface area (Å²) in [6.45, 7) is 2.19. The number of halogens is 1. The third kappa shape index (κ3) is 4.54. The second kappa shape index (κ2) is 8.21. The van der Waals surface area contributed by atoms with Gasteiger partial charge >= 0.3 is 0 Å². The Morgan fingerprint density at radius 2 is 1.72 bits per heavy atom. The lowest BCUT2D eigenvalue weighted by Crippen LogP contribution is -2.50. The Kier molecular flexibility index (Phi) is 5.99. The van der Waals surface area contributed by atoms with Gasteiger partial charge in [0.2, 0.25) is 5.91 Å². The molecule has 1 aliphatic heterocycles. The summed E-state index contributed by atoms with van der Waals surface area (Å²) in [7, 11) is 0. The largest absolute Gasteiger partial charge is 0.507 e. The second-order valence-corrected chi connectivity index (χ2v) is 7.94. The number of rotatable bonds is 4. The first kappa shape index (κ1) is 18.2. The molecular formula is C19H25BrN2O3. The standard InChI is InChI=1S/C19H25BrN2O3/c20-15-6-7-16(17(23)13-15)19(25)22-11-9-21(10-12-22)18(24)8-5-14-3-1-2-4-14/h6-7,13-14,23H,1-5,8-12H2. The van der Waals surface area contributed by atoms with Gasteiger partial charge in [-0.3, -0.25) is 9.59 Å². The van der Waals surface area contributed by atoms with Gasteiger partial charge in [-0.2, -0.15) is 0 Å². The highest BCUT2D eigenvalue weighted by Crippen LogP contribution is 2.29.